The van der Waals surface area contributed by atoms with Crippen LogP contribution in [0.5, 0.6) is 0 Å². The molecular weight excluding hydrogens is 228 g/mol. The van der Waals surface area contributed by atoms with Gasteiger partial charge in [0.25, 0.3) is 0 Å². The molecule has 1 fully saturated rings. The molecule has 0 aromatic heterocycles. The molecular formula is C14H20N2O2. The number of anilines is 2. The first kappa shape index (κ1) is 12.9. The van der Waals surface area contributed by atoms with E-state index in [1.165, 1.54) is 19.8 Å². The van der Waals surface area contributed by atoms with E-state index in [-0.39, 0.29) is 5.91 Å². The summed E-state index contributed by atoms with van der Waals surface area (Å²) < 4.78 is 5.66. The van der Waals surface area contributed by atoms with Crippen LogP contribution in [0.2, 0.25) is 0 Å². The van der Waals surface area contributed by atoms with Crippen molar-refractivity contribution >= 4 is 17.3 Å². The van der Waals surface area contributed by atoms with Gasteiger partial charge >= 0.3 is 0 Å². The Labute approximate surface area is 108 Å². The molecule has 1 aromatic rings. The van der Waals surface area contributed by atoms with E-state index in [2.05, 4.69) is 10.6 Å². The zero-order chi connectivity index (χ0) is 12.8. The minimum atomic E-state index is -0.0497. The van der Waals surface area contributed by atoms with Gasteiger partial charge in [0.1, 0.15) is 0 Å². The summed E-state index contributed by atoms with van der Waals surface area (Å²) in [5, 5.41) is 6.10. The molecule has 4 heteroatoms. The topological polar surface area (TPSA) is 50.4 Å². The van der Waals surface area contributed by atoms with Crippen LogP contribution in [0.1, 0.15) is 26.2 Å². The first-order valence-electron chi connectivity index (χ1n) is 6.47. The fraction of sp³-hybridized carbons (Fsp3) is 0.500. The van der Waals surface area contributed by atoms with Crippen molar-refractivity contribution in [1.82, 2.24) is 0 Å². The van der Waals surface area contributed by atoms with Crippen LogP contribution in [0.3, 0.4) is 0 Å². The van der Waals surface area contributed by atoms with Gasteiger partial charge in [0.15, 0.2) is 0 Å². The fourth-order valence-corrected chi connectivity index (χ4v) is 2.07. The molecule has 2 N–H and O–H groups in total. The highest BCUT2D eigenvalue weighted by atomic mass is 16.5. The van der Waals surface area contributed by atoms with Crippen molar-refractivity contribution in [3.8, 4) is 0 Å². The Hall–Kier alpha value is -1.55. The van der Waals surface area contributed by atoms with E-state index in [1.54, 1.807) is 0 Å². The molecule has 1 saturated heterocycles. The third kappa shape index (κ3) is 4.04. The molecule has 0 radical (unpaired) electrons. The normalized spacial score (nSPS) is 19.3. The van der Waals surface area contributed by atoms with E-state index in [1.807, 2.05) is 24.3 Å². The SMILES string of the molecule is CC(=O)Nc1ccc(NCC2CCCCO2)cc1. The number of ether oxygens (including phenoxy) is 1. The second-order valence-electron chi connectivity index (χ2n) is 4.63. The van der Waals surface area contributed by atoms with Crippen molar-refractivity contribution in [3.63, 3.8) is 0 Å². The predicted octanol–water partition coefficient (Wildman–Crippen LogP) is 2.63. The monoisotopic (exact) mass is 248 g/mol. The molecule has 1 amide bonds. The van der Waals surface area contributed by atoms with Gasteiger partial charge in [0, 0.05) is 31.5 Å². The molecule has 0 bridgehead atoms. The molecule has 98 valence electrons. The number of nitrogens with one attached hydrogen (secondary N) is 2. The molecule has 1 atom stereocenters. The summed E-state index contributed by atoms with van der Waals surface area (Å²) in [6.07, 6.45) is 3.90. The smallest absolute Gasteiger partial charge is 0.221 e. The first-order valence-corrected chi connectivity index (χ1v) is 6.47. The summed E-state index contributed by atoms with van der Waals surface area (Å²) in [7, 11) is 0. The van der Waals surface area contributed by atoms with Crippen LogP contribution >= 0.6 is 0 Å². The van der Waals surface area contributed by atoms with Crippen LogP contribution in [0.25, 0.3) is 0 Å². The Bertz CT molecular complexity index is 383. The zero-order valence-corrected chi connectivity index (χ0v) is 10.7. The maximum Gasteiger partial charge on any atom is 0.221 e. The molecule has 1 unspecified atom stereocenters. The molecule has 4 nitrogen and oxygen atoms in total. The molecule has 1 heterocycles. The van der Waals surface area contributed by atoms with E-state index in [4.69, 9.17) is 4.74 Å². The molecule has 0 spiro atoms. The van der Waals surface area contributed by atoms with Gasteiger partial charge in [-0.2, -0.15) is 0 Å². The molecule has 0 aliphatic carbocycles. The molecule has 1 aromatic carbocycles. The van der Waals surface area contributed by atoms with Gasteiger partial charge in [-0.3, -0.25) is 4.79 Å². The van der Waals surface area contributed by atoms with Gasteiger partial charge in [-0.05, 0) is 43.5 Å². The van der Waals surface area contributed by atoms with Crippen LogP contribution in [0, 0.1) is 0 Å². The van der Waals surface area contributed by atoms with E-state index >= 15 is 0 Å². The third-order valence-corrected chi connectivity index (χ3v) is 3.01. The number of carbonyl (C=O) groups is 1. The van der Waals surface area contributed by atoms with E-state index in [9.17, 15) is 4.79 Å². The average Bonchev–Trinajstić information content (AvgIpc) is 2.38. The Balaban J connectivity index is 1.80. The largest absolute Gasteiger partial charge is 0.382 e. The predicted molar refractivity (Wildman–Crippen MR) is 72.8 cm³/mol. The number of hydrogen-bond donors (Lipinski definition) is 2. The van der Waals surface area contributed by atoms with Gasteiger partial charge < -0.3 is 15.4 Å². The number of amides is 1. The number of rotatable bonds is 4. The summed E-state index contributed by atoms with van der Waals surface area (Å²) in [6, 6.07) is 7.72. The van der Waals surface area contributed by atoms with Gasteiger partial charge in [0.2, 0.25) is 5.91 Å². The van der Waals surface area contributed by atoms with Crippen molar-refractivity contribution in [2.75, 3.05) is 23.8 Å². The fourth-order valence-electron chi connectivity index (χ4n) is 2.07. The van der Waals surface area contributed by atoms with Crippen molar-refractivity contribution in [2.45, 2.75) is 32.3 Å². The molecule has 2 rings (SSSR count). The second kappa shape index (κ2) is 6.40. The summed E-state index contributed by atoms with van der Waals surface area (Å²) in [5.74, 6) is -0.0497. The molecule has 18 heavy (non-hydrogen) atoms. The summed E-state index contributed by atoms with van der Waals surface area (Å²) >= 11 is 0. The lowest BCUT2D eigenvalue weighted by Crippen LogP contribution is -2.26. The van der Waals surface area contributed by atoms with Crippen LogP contribution in [-0.2, 0) is 9.53 Å². The first-order chi connectivity index (χ1) is 8.74. The van der Waals surface area contributed by atoms with Crippen molar-refractivity contribution < 1.29 is 9.53 Å². The lowest BCUT2D eigenvalue weighted by Gasteiger charge is -2.23. The van der Waals surface area contributed by atoms with Crippen LogP contribution in [0.4, 0.5) is 11.4 Å². The molecule has 1 aliphatic rings. The van der Waals surface area contributed by atoms with Crippen molar-refractivity contribution in [1.29, 1.82) is 0 Å². The maximum atomic E-state index is 10.9. The minimum absolute atomic E-state index is 0.0497. The quantitative estimate of drug-likeness (QED) is 0.861. The summed E-state index contributed by atoms with van der Waals surface area (Å²) in [6.45, 7) is 3.24. The van der Waals surface area contributed by atoms with Gasteiger partial charge in [0.05, 0.1) is 6.10 Å². The Kier molecular flexibility index (Phi) is 4.59. The van der Waals surface area contributed by atoms with Crippen LogP contribution < -0.4 is 10.6 Å². The highest BCUT2D eigenvalue weighted by Crippen LogP contribution is 2.16. The van der Waals surface area contributed by atoms with Crippen LogP contribution in [-0.4, -0.2) is 25.2 Å². The van der Waals surface area contributed by atoms with Crippen LogP contribution in [0.15, 0.2) is 24.3 Å². The lowest BCUT2D eigenvalue weighted by molar-refractivity contribution is -0.114. The van der Waals surface area contributed by atoms with E-state index in [0.717, 1.165) is 30.9 Å². The summed E-state index contributed by atoms with van der Waals surface area (Å²) in [5.41, 5.74) is 1.88. The highest BCUT2D eigenvalue weighted by molar-refractivity contribution is 5.88. The molecule has 0 saturated carbocycles. The Morgan fingerprint density at radius 3 is 2.61 bits per heavy atom. The van der Waals surface area contributed by atoms with Gasteiger partial charge in [-0.15, -0.1) is 0 Å². The standard InChI is InChI=1S/C14H20N2O2/c1-11(17)16-13-7-5-12(6-8-13)15-10-14-4-2-3-9-18-14/h5-8,14-15H,2-4,9-10H2,1H3,(H,16,17). The Morgan fingerprint density at radius 2 is 2.00 bits per heavy atom. The molecule has 1 aliphatic heterocycles. The Morgan fingerprint density at radius 1 is 1.28 bits per heavy atom. The van der Waals surface area contributed by atoms with E-state index < -0.39 is 0 Å². The zero-order valence-electron chi connectivity index (χ0n) is 10.7. The van der Waals surface area contributed by atoms with Gasteiger partial charge in [-0.25, -0.2) is 0 Å². The minimum Gasteiger partial charge on any atom is -0.382 e. The second-order valence-corrected chi connectivity index (χ2v) is 4.63. The average molecular weight is 248 g/mol. The third-order valence-electron chi connectivity index (χ3n) is 3.01. The van der Waals surface area contributed by atoms with Crippen molar-refractivity contribution in [3.05, 3.63) is 24.3 Å². The number of benzene rings is 1. The highest BCUT2D eigenvalue weighted by Gasteiger charge is 2.12. The van der Waals surface area contributed by atoms with Gasteiger partial charge in [-0.1, -0.05) is 0 Å². The summed E-state index contributed by atoms with van der Waals surface area (Å²) in [4.78, 5) is 10.9. The van der Waals surface area contributed by atoms with Crippen molar-refractivity contribution in [2.24, 2.45) is 0 Å². The number of carbonyl (C=O) groups excluding carboxylic acids is 1. The maximum absolute atomic E-state index is 10.9. The van der Waals surface area contributed by atoms with E-state index in [0.29, 0.717) is 6.10 Å². The lowest BCUT2D eigenvalue weighted by atomic mass is 10.1. The number of hydrogen-bond acceptors (Lipinski definition) is 3.